The first-order valence-electron chi connectivity index (χ1n) is 7.59. The summed E-state index contributed by atoms with van der Waals surface area (Å²) in [6.45, 7) is 2.82. The molecule has 0 unspecified atom stereocenters. The second-order valence-electron chi connectivity index (χ2n) is 5.69. The summed E-state index contributed by atoms with van der Waals surface area (Å²) >= 11 is 0. The fourth-order valence-corrected chi connectivity index (χ4v) is 2.99. The third kappa shape index (κ3) is 3.34. The Bertz CT molecular complexity index is 594. The predicted octanol–water partition coefficient (Wildman–Crippen LogP) is 2.65. The van der Waals surface area contributed by atoms with Crippen LogP contribution in [0, 0.1) is 6.92 Å². The van der Waals surface area contributed by atoms with Crippen LogP contribution in [-0.4, -0.2) is 27.4 Å². The first kappa shape index (κ1) is 14.3. The van der Waals surface area contributed by atoms with E-state index in [1.54, 1.807) is 6.20 Å². The highest BCUT2D eigenvalue weighted by atomic mass is 16.5. The van der Waals surface area contributed by atoms with Gasteiger partial charge in [-0.05, 0) is 37.3 Å². The van der Waals surface area contributed by atoms with Gasteiger partial charge in [0.25, 0.3) is 0 Å². The van der Waals surface area contributed by atoms with Crippen LogP contribution in [-0.2, 0) is 17.7 Å². The fraction of sp³-hybridized carbons (Fsp3) is 0.471. The lowest BCUT2D eigenvalue weighted by Gasteiger charge is -2.26. The van der Waals surface area contributed by atoms with Gasteiger partial charge in [-0.15, -0.1) is 0 Å². The van der Waals surface area contributed by atoms with Crippen LogP contribution in [0.15, 0.2) is 36.7 Å². The summed E-state index contributed by atoms with van der Waals surface area (Å²) in [6.07, 6.45) is 6.56. The minimum absolute atomic E-state index is 0.119. The predicted molar refractivity (Wildman–Crippen MR) is 81.0 cm³/mol. The lowest BCUT2D eigenvalue weighted by molar-refractivity contribution is -0.0227. The minimum Gasteiger partial charge on any atom is -0.389 e. The molecule has 0 saturated heterocycles. The number of aliphatic hydroxyl groups excluding tert-OH is 1. The standard InChI is InChI=1S/C17H22N2O2/c1-13-18-9-10-19(13)11-15(20)12-21-17-8-4-6-14-5-2-3-7-16(14)17/h2-3,5,7,9-10,15,17,20H,4,6,8,11-12H2,1H3/t15-,17-/m0/s1. The molecule has 0 fully saturated rings. The summed E-state index contributed by atoms with van der Waals surface area (Å²) in [5, 5.41) is 10.2. The monoisotopic (exact) mass is 286 g/mol. The summed E-state index contributed by atoms with van der Waals surface area (Å²) in [7, 11) is 0. The molecule has 1 aromatic heterocycles. The van der Waals surface area contributed by atoms with Crippen LogP contribution in [0.25, 0.3) is 0 Å². The average Bonchev–Trinajstić information content (AvgIpc) is 2.90. The first-order chi connectivity index (χ1) is 10.2. The maximum Gasteiger partial charge on any atom is 0.105 e. The van der Waals surface area contributed by atoms with Gasteiger partial charge in [-0.2, -0.15) is 0 Å². The summed E-state index contributed by atoms with van der Waals surface area (Å²) < 4.78 is 7.92. The molecule has 1 aliphatic carbocycles. The molecule has 1 aliphatic rings. The van der Waals surface area contributed by atoms with Gasteiger partial charge in [-0.25, -0.2) is 4.98 Å². The Morgan fingerprint density at radius 2 is 2.29 bits per heavy atom. The van der Waals surface area contributed by atoms with Crippen LogP contribution >= 0.6 is 0 Å². The quantitative estimate of drug-likeness (QED) is 0.919. The number of fused-ring (bicyclic) bond motifs is 1. The largest absolute Gasteiger partial charge is 0.389 e. The number of benzene rings is 1. The Hall–Kier alpha value is -1.65. The molecule has 0 amide bonds. The second kappa shape index (κ2) is 6.41. The summed E-state index contributed by atoms with van der Waals surface area (Å²) in [6, 6.07) is 8.46. The van der Waals surface area contributed by atoms with Crippen molar-refractivity contribution in [2.24, 2.45) is 0 Å². The topological polar surface area (TPSA) is 47.3 Å². The van der Waals surface area contributed by atoms with Gasteiger partial charge in [0.2, 0.25) is 0 Å². The van der Waals surface area contributed by atoms with Gasteiger partial charge in [0.1, 0.15) is 5.82 Å². The SMILES string of the molecule is Cc1nccn1C[C@H](O)CO[C@H]1CCCc2ccccc21. The molecule has 0 bridgehead atoms. The molecular formula is C17H22N2O2. The van der Waals surface area contributed by atoms with Gasteiger partial charge in [0.15, 0.2) is 0 Å². The van der Waals surface area contributed by atoms with E-state index in [1.807, 2.05) is 17.7 Å². The van der Waals surface area contributed by atoms with Crippen molar-refractivity contribution >= 4 is 0 Å². The molecule has 2 atom stereocenters. The Balaban J connectivity index is 1.57. The number of hydrogen-bond acceptors (Lipinski definition) is 3. The van der Waals surface area contributed by atoms with E-state index in [9.17, 15) is 5.11 Å². The zero-order chi connectivity index (χ0) is 14.7. The molecule has 4 heteroatoms. The van der Waals surface area contributed by atoms with Gasteiger partial charge >= 0.3 is 0 Å². The Labute approximate surface area is 125 Å². The van der Waals surface area contributed by atoms with E-state index in [0.717, 1.165) is 25.1 Å². The van der Waals surface area contributed by atoms with Crippen molar-refractivity contribution in [3.05, 3.63) is 53.6 Å². The average molecular weight is 286 g/mol. The zero-order valence-electron chi connectivity index (χ0n) is 12.4. The molecule has 1 heterocycles. The molecule has 4 nitrogen and oxygen atoms in total. The molecule has 1 aromatic carbocycles. The number of aromatic nitrogens is 2. The van der Waals surface area contributed by atoms with Crippen LogP contribution in [0.4, 0.5) is 0 Å². The van der Waals surface area contributed by atoms with E-state index in [4.69, 9.17) is 4.74 Å². The van der Waals surface area contributed by atoms with Crippen molar-refractivity contribution in [2.75, 3.05) is 6.61 Å². The lowest BCUT2D eigenvalue weighted by atomic mass is 9.89. The summed E-state index contributed by atoms with van der Waals surface area (Å²) in [4.78, 5) is 4.16. The smallest absolute Gasteiger partial charge is 0.105 e. The Kier molecular flexibility index (Phi) is 4.36. The first-order valence-corrected chi connectivity index (χ1v) is 7.59. The van der Waals surface area contributed by atoms with E-state index in [0.29, 0.717) is 13.2 Å². The highest BCUT2D eigenvalue weighted by molar-refractivity contribution is 5.31. The van der Waals surface area contributed by atoms with Crippen LogP contribution in [0.2, 0.25) is 0 Å². The molecule has 21 heavy (non-hydrogen) atoms. The normalized spacial score (nSPS) is 19.2. The molecular weight excluding hydrogens is 264 g/mol. The molecule has 0 saturated carbocycles. The summed E-state index contributed by atoms with van der Waals surface area (Å²) in [5.41, 5.74) is 2.67. The highest BCUT2D eigenvalue weighted by Crippen LogP contribution is 2.32. The van der Waals surface area contributed by atoms with E-state index in [1.165, 1.54) is 11.1 Å². The van der Waals surface area contributed by atoms with Crippen molar-refractivity contribution in [1.29, 1.82) is 0 Å². The van der Waals surface area contributed by atoms with E-state index >= 15 is 0 Å². The van der Waals surface area contributed by atoms with Gasteiger partial charge < -0.3 is 14.4 Å². The zero-order valence-corrected chi connectivity index (χ0v) is 12.4. The van der Waals surface area contributed by atoms with Gasteiger partial charge in [0.05, 0.1) is 25.4 Å². The molecule has 3 rings (SSSR count). The number of nitrogens with zero attached hydrogens (tertiary/aromatic N) is 2. The van der Waals surface area contributed by atoms with Crippen LogP contribution in [0.1, 0.15) is 35.9 Å². The molecule has 0 radical (unpaired) electrons. The van der Waals surface area contributed by atoms with E-state index < -0.39 is 6.10 Å². The molecule has 112 valence electrons. The lowest BCUT2D eigenvalue weighted by Crippen LogP contribution is -2.24. The van der Waals surface area contributed by atoms with Crippen molar-refractivity contribution in [3.63, 3.8) is 0 Å². The van der Waals surface area contributed by atoms with Gasteiger partial charge in [0, 0.05) is 12.4 Å². The number of hydrogen-bond donors (Lipinski definition) is 1. The van der Waals surface area contributed by atoms with Gasteiger partial charge in [-0.3, -0.25) is 0 Å². The molecule has 0 aliphatic heterocycles. The van der Waals surface area contributed by atoms with Crippen molar-refractivity contribution in [3.8, 4) is 0 Å². The van der Waals surface area contributed by atoms with Crippen molar-refractivity contribution < 1.29 is 9.84 Å². The second-order valence-corrected chi connectivity index (χ2v) is 5.69. The van der Waals surface area contributed by atoms with Crippen LogP contribution in [0.5, 0.6) is 0 Å². The van der Waals surface area contributed by atoms with Gasteiger partial charge in [-0.1, -0.05) is 24.3 Å². The van der Waals surface area contributed by atoms with E-state index in [-0.39, 0.29) is 6.10 Å². The molecule has 0 spiro atoms. The number of ether oxygens (including phenoxy) is 1. The molecule has 2 aromatic rings. The third-order valence-electron chi connectivity index (χ3n) is 4.14. The van der Waals surface area contributed by atoms with Crippen LogP contribution in [0.3, 0.4) is 0 Å². The fourth-order valence-electron chi connectivity index (χ4n) is 2.99. The maximum atomic E-state index is 10.2. The number of aryl methyl sites for hydroxylation is 2. The van der Waals surface area contributed by atoms with Crippen LogP contribution < -0.4 is 0 Å². The number of aliphatic hydroxyl groups is 1. The Morgan fingerprint density at radius 3 is 3.10 bits per heavy atom. The van der Waals surface area contributed by atoms with Crippen molar-refractivity contribution in [2.45, 2.75) is 44.9 Å². The maximum absolute atomic E-state index is 10.2. The van der Waals surface area contributed by atoms with Crippen molar-refractivity contribution in [1.82, 2.24) is 9.55 Å². The number of imidazole rings is 1. The molecule has 1 N–H and O–H groups in total. The third-order valence-corrected chi connectivity index (χ3v) is 4.14. The summed E-state index contributed by atoms with van der Waals surface area (Å²) in [5.74, 6) is 0.914. The van der Waals surface area contributed by atoms with E-state index in [2.05, 4.69) is 29.2 Å². The number of rotatable bonds is 5. The minimum atomic E-state index is -0.507. The Morgan fingerprint density at radius 1 is 1.43 bits per heavy atom. The highest BCUT2D eigenvalue weighted by Gasteiger charge is 2.21.